The van der Waals surface area contributed by atoms with Gasteiger partial charge in [-0.05, 0) is 55.3 Å². The fourth-order valence-electron chi connectivity index (χ4n) is 2.58. The van der Waals surface area contributed by atoms with Crippen molar-refractivity contribution in [3.8, 4) is 0 Å². The van der Waals surface area contributed by atoms with Crippen LogP contribution in [0.5, 0.6) is 0 Å². The summed E-state index contributed by atoms with van der Waals surface area (Å²) in [6.07, 6.45) is 4.08. The lowest BCUT2D eigenvalue weighted by Gasteiger charge is -2.23. The minimum absolute atomic E-state index is 0.463. The van der Waals surface area contributed by atoms with Crippen molar-refractivity contribution in [3.05, 3.63) is 35.4 Å². The summed E-state index contributed by atoms with van der Waals surface area (Å²) in [6, 6.07) is 9.91. The SMILES string of the molecule is CC(C)CCN(Cc1ccc(C(C)CN)cc1)C1CC1. The number of hydrogen-bond acceptors (Lipinski definition) is 2. The normalized spacial score (nSPS) is 16.9. The summed E-state index contributed by atoms with van der Waals surface area (Å²) in [4.78, 5) is 2.67. The first kappa shape index (κ1) is 15.5. The van der Waals surface area contributed by atoms with Crippen LogP contribution in [0.2, 0.25) is 0 Å². The van der Waals surface area contributed by atoms with Gasteiger partial charge in [0.2, 0.25) is 0 Å². The molecule has 1 aliphatic rings. The van der Waals surface area contributed by atoms with E-state index in [1.54, 1.807) is 0 Å². The third-order valence-corrected chi connectivity index (χ3v) is 4.34. The van der Waals surface area contributed by atoms with E-state index in [1.807, 2.05) is 0 Å². The van der Waals surface area contributed by atoms with Gasteiger partial charge in [0, 0.05) is 12.6 Å². The Hall–Kier alpha value is -0.860. The van der Waals surface area contributed by atoms with Crippen LogP contribution in [0.4, 0.5) is 0 Å². The molecule has 20 heavy (non-hydrogen) atoms. The van der Waals surface area contributed by atoms with E-state index in [1.165, 1.54) is 36.9 Å². The molecule has 1 unspecified atom stereocenters. The van der Waals surface area contributed by atoms with Gasteiger partial charge in [-0.3, -0.25) is 4.90 Å². The largest absolute Gasteiger partial charge is 0.330 e. The standard InChI is InChI=1S/C18H30N2/c1-14(2)10-11-20(18-8-9-18)13-16-4-6-17(7-5-16)15(3)12-19/h4-7,14-15,18H,8-13,19H2,1-3H3. The monoisotopic (exact) mass is 274 g/mol. The van der Waals surface area contributed by atoms with Crippen LogP contribution in [0.25, 0.3) is 0 Å². The lowest BCUT2D eigenvalue weighted by Crippen LogP contribution is -2.27. The molecule has 1 saturated carbocycles. The summed E-state index contributed by atoms with van der Waals surface area (Å²) in [5.74, 6) is 1.26. The highest BCUT2D eigenvalue weighted by molar-refractivity contribution is 5.25. The Kier molecular flexibility index (Phi) is 5.62. The van der Waals surface area contributed by atoms with Crippen molar-refractivity contribution in [2.75, 3.05) is 13.1 Å². The lowest BCUT2D eigenvalue weighted by molar-refractivity contribution is 0.239. The van der Waals surface area contributed by atoms with Gasteiger partial charge in [0.25, 0.3) is 0 Å². The van der Waals surface area contributed by atoms with E-state index >= 15 is 0 Å². The van der Waals surface area contributed by atoms with Gasteiger partial charge < -0.3 is 5.73 Å². The predicted octanol–water partition coefficient (Wildman–Crippen LogP) is 3.76. The summed E-state index contributed by atoms with van der Waals surface area (Å²) >= 11 is 0. The molecule has 2 heteroatoms. The van der Waals surface area contributed by atoms with E-state index < -0.39 is 0 Å². The van der Waals surface area contributed by atoms with Gasteiger partial charge in [0.1, 0.15) is 0 Å². The fourth-order valence-corrected chi connectivity index (χ4v) is 2.58. The van der Waals surface area contributed by atoms with Crippen LogP contribution in [0.1, 0.15) is 57.1 Å². The van der Waals surface area contributed by atoms with Crippen molar-refractivity contribution in [3.63, 3.8) is 0 Å². The van der Waals surface area contributed by atoms with Crippen LogP contribution in [0.3, 0.4) is 0 Å². The Morgan fingerprint density at radius 1 is 1.15 bits per heavy atom. The minimum Gasteiger partial charge on any atom is -0.330 e. The van der Waals surface area contributed by atoms with E-state index in [4.69, 9.17) is 5.73 Å². The van der Waals surface area contributed by atoms with E-state index in [2.05, 4.69) is 49.9 Å². The average molecular weight is 274 g/mol. The molecular formula is C18H30N2. The molecule has 1 fully saturated rings. The molecule has 0 amide bonds. The van der Waals surface area contributed by atoms with E-state index in [0.29, 0.717) is 5.92 Å². The molecule has 1 aliphatic carbocycles. The molecule has 0 saturated heterocycles. The van der Waals surface area contributed by atoms with Gasteiger partial charge in [0.15, 0.2) is 0 Å². The summed E-state index contributed by atoms with van der Waals surface area (Å²) < 4.78 is 0. The van der Waals surface area contributed by atoms with Gasteiger partial charge in [0.05, 0.1) is 0 Å². The van der Waals surface area contributed by atoms with Gasteiger partial charge in [-0.1, -0.05) is 45.0 Å². The summed E-state index contributed by atoms with van der Waals surface area (Å²) in [6.45, 7) is 9.89. The molecule has 0 spiro atoms. The molecule has 0 radical (unpaired) electrons. The molecule has 0 heterocycles. The van der Waals surface area contributed by atoms with Crippen molar-refractivity contribution in [2.45, 2.75) is 58.5 Å². The van der Waals surface area contributed by atoms with Crippen LogP contribution in [-0.2, 0) is 6.54 Å². The summed E-state index contributed by atoms with van der Waals surface area (Å²) in [5, 5.41) is 0. The van der Waals surface area contributed by atoms with Gasteiger partial charge >= 0.3 is 0 Å². The zero-order valence-corrected chi connectivity index (χ0v) is 13.3. The minimum atomic E-state index is 0.463. The predicted molar refractivity (Wildman–Crippen MR) is 86.8 cm³/mol. The Bertz CT molecular complexity index is 392. The van der Waals surface area contributed by atoms with E-state index in [0.717, 1.165) is 25.0 Å². The summed E-state index contributed by atoms with van der Waals surface area (Å²) in [5.41, 5.74) is 8.53. The quantitative estimate of drug-likeness (QED) is 0.782. The molecule has 0 aromatic heterocycles. The molecule has 0 bridgehead atoms. The highest BCUT2D eigenvalue weighted by Gasteiger charge is 2.28. The lowest BCUT2D eigenvalue weighted by atomic mass is 10.00. The summed E-state index contributed by atoms with van der Waals surface area (Å²) in [7, 11) is 0. The molecule has 1 aromatic rings. The van der Waals surface area contributed by atoms with Crippen LogP contribution in [0.15, 0.2) is 24.3 Å². The van der Waals surface area contributed by atoms with Crippen LogP contribution in [0, 0.1) is 5.92 Å². The third kappa shape index (κ3) is 4.60. The van der Waals surface area contributed by atoms with Crippen molar-refractivity contribution >= 4 is 0 Å². The van der Waals surface area contributed by atoms with Crippen molar-refractivity contribution < 1.29 is 0 Å². The zero-order valence-electron chi connectivity index (χ0n) is 13.3. The molecule has 2 N–H and O–H groups in total. The van der Waals surface area contributed by atoms with Crippen molar-refractivity contribution in [1.82, 2.24) is 4.90 Å². The van der Waals surface area contributed by atoms with E-state index in [9.17, 15) is 0 Å². The van der Waals surface area contributed by atoms with Gasteiger partial charge in [-0.2, -0.15) is 0 Å². The van der Waals surface area contributed by atoms with E-state index in [-0.39, 0.29) is 0 Å². The fraction of sp³-hybridized carbons (Fsp3) is 0.667. The molecule has 0 aliphatic heterocycles. The molecule has 112 valence electrons. The molecule has 1 aromatic carbocycles. The molecule has 2 nitrogen and oxygen atoms in total. The number of benzene rings is 1. The Morgan fingerprint density at radius 3 is 2.30 bits per heavy atom. The Morgan fingerprint density at radius 2 is 1.80 bits per heavy atom. The number of hydrogen-bond donors (Lipinski definition) is 1. The molecular weight excluding hydrogens is 244 g/mol. The molecule has 1 atom stereocenters. The molecule has 2 rings (SSSR count). The second kappa shape index (κ2) is 7.24. The number of nitrogens with zero attached hydrogens (tertiary/aromatic N) is 1. The van der Waals surface area contributed by atoms with Crippen LogP contribution < -0.4 is 5.73 Å². The Labute approximate surface area is 124 Å². The Balaban J connectivity index is 1.92. The van der Waals surface area contributed by atoms with Crippen molar-refractivity contribution in [2.24, 2.45) is 11.7 Å². The zero-order chi connectivity index (χ0) is 14.5. The van der Waals surface area contributed by atoms with Crippen LogP contribution in [-0.4, -0.2) is 24.0 Å². The maximum Gasteiger partial charge on any atom is 0.0236 e. The van der Waals surface area contributed by atoms with Crippen LogP contribution >= 0.6 is 0 Å². The smallest absolute Gasteiger partial charge is 0.0236 e. The number of nitrogens with two attached hydrogens (primary N) is 1. The van der Waals surface area contributed by atoms with Gasteiger partial charge in [-0.25, -0.2) is 0 Å². The first-order chi connectivity index (χ1) is 9.60. The number of rotatable bonds is 8. The highest BCUT2D eigenvalue weighted by atomic mass is 15.2. The van der Waals surface area contributed by atoms with Crippen molar-refractivity contribution in [1.29, 1.82) is 0 Å². The first-order valence-electron chi connectivity index (χ1n) is 8.13. The first-order valence-corrected chi connectivity index (χ1v) is 8.13. The second-order valence-electron chi connectivity index (χ2n) is 6.76. The maximum absolute atomic E-state index is 5.73. The van der Waals surface area contributed by atoms with Gasteiger partial charge in [-0.15, -0.1) is 0 Å². The maximum atomic E-state index is 5.73. The second-order valence-corrected chi connectivity index (χ2v) is 6.76. The highest BCUT2D eigenvalue weighted by Crippen LogP contribution is 2.29. The third-order valence-electron chi connectivity index (χ3n) is 4.34. The topological polar surface area (TPSA) is 29.3 Å². The average Bonchev–Trinajstić information content (AvgIpc) is 3.27.